The first kappa shape index (κ1) is 13.2. The lowest BCUT2D eigenvalue weighted by Gasteiger charge is -2.21. The van der Waals surface area contributed by atoms with Gasteiger partial charge in [-0.05, 0) is 28.1 Å². The van der Waals surface area contributed by atoms with Crippen LogP contribution in [0, 0.1) is 0 Å². The van der Waals surface area contributed by atoms with Crippen molar-refractivity contribution in [2.45, 2.75) is 5.79 Å². The van der Waals surface area contributed by atoms with Gasteiger partial charge in [-0.3, -0.25) is 4.99 Å². The van der Waals surface area contributed by atoms with Crippen LogP contribution < -0.4 is 0 Å². The van der Waals surface area contributed by atoms with Crippen LogP contribution in [0.15, 0.2) is 21.6 Å². The molecule has 1 aliphatic heterocycles. The van der Waals surface area contributed by atoms with Crippen molar-refractivity contribution in [2.75, 3.05) is 0 Å². The minimum atomic E-state index is -4.85. The maximum Gasteiger partial charge on any atom is 0.472 e. The fourth-order valence-electron chi connectivity index (χ4n) is 1.41. The molecule has 1 unspecified atom stereocenters. The second-order valence-electron chi connectivity index (χ2n) is 3.32. The quantitative estimate of drug-likeness (QED) is 0.564. The zero-order chi connectivity index (χ0) is 12.8. The van der Waals surface area contributed by atoms with Crippen LogP contribution in [-0.2, 0) is 14.9 Å². The first-order chi connectivity index (χ1) is 7.71. The molecule has 0 aromatic heterocycles. The lowest BCUT2D eigenvalue weighted by atomic mass is 10.1. The topological polar surface area (TPSA) is 99.4 Å². The molecule has 0 fully saturated rings. The Bertz CT molecular complexity index is 559. The van der Waals surface area contributed by atoms with Gasteiger partial charge in [0.05, 0.1) is 16.9 Å². The van der Waals surface area contributed by atoms with Crippen LogP contribution >= 0.6 is 35.4 Å². The highest BCUT2D eigenvalue weighted by molar-refractivity contribution is 9.10. The molecule has 3 N–H and O–H groups in total. The van der Waals surface area contributed by atoms with E-state index < -0.39 is 13.6 Å². The average molecular weight is 342 g/mol. The third kappa shape index (κ3) is 2.61. The highest BCUT2D eigenvalue weighted by atomic mass is 79.9. The summed E-state index contributed by atoms with van der Waals surface area (Å²) in [4.78, 5) is 21.2. The Morgan fingerprint density at radius 3 is 2.71 bits per heavy atom. The van der Waals surface area contributed by atoms with Crippen LogP contribution in [-0.4, -0.2) is 21.1 Å². The molecule has 0 aliphatic carbocycles. The number of benzene rings is 1. The lowest BCUT2D eigenvalue weighted by Crippen LogP contribution is -2.27. The SMILES string of the molecule is O=P(O)(O)OC1(O)C=Nc2cc(Cl)c(Br)cc21. The molecule has 1 heterocycles. The summed E-state index contributed by atoms with van der Waals surface area (Å²) in [7, 11) is -4.85. The van der Waals surface area contributed by atoms with Crippen LogP contribution in [0.3, 0.4) is 0 Å². The number of halogens is 2. The number of aliphatic hydroxyl groups is 1. The van der Waals surface area contributed by atoms with Crippen molar-refractivity contribution in [2.24, 2.45) is 4.99 Å². The number of phosphoric acid groups is 1. The summed E-state index contributed by atoms with van der Waals surface area (Å²) in [6, 6.07) is 2.83. The molecule has 1 aromatic rings. The molecular weight excluding hydrogens is 336 g/mol. The zero-order valence-electron chi connectivity index (χ0n) is 8.04. The molecule has 0 radical (unpaired) electrons. The molecule has 0 bridgehead atoms. The number of hydrogen-bond donors (Lipinski definition) is 3. The minimum Gasteiger partial charge on any atom is -0.357 e. The molecule has 0 saturated heterocycles. The van der Waals surface area contributed by atoms with E-state index in [-0.39, 0.29) is 11.3 Å². The first-order valence-corrected chi connectivity index (χ1v) is 6.95. The fraction of sp³-hybridized carbons (Fsp3) is 0.125. The number of aliphatic imine (C=N–C) groups is 1. The van der Waals surface area contributed by atoms with E-state index in [0.29, 0.717) is 9.50 Å². The summed E-state index contributed by atoms with van der Waals surface area (Å²) in [6.45, 7) is 0. The summed E-state index contributed by atoms with van der Waals surface area (Å²) in [6.07, 6.45) is 0.902. The van der Waals surface area contributed by atoms with Crippen LogP contribution in [0.1, 0.15) is 5.56 Å². The van der Waals surface area contributed by atoms with Gasteiger partial charge in [-0.1, -0.05) is 11.6 Å². The second-order valence-corrected chi connectivity index (χ2v) is 5.75. The van der Waals surface area contributed by atoms with Gasteiger partial charge in [-0.15, -0.1) is 0 Å². The smallest absolute Gasteiger partial charge is 0.357 e. The van der Waals surface area contributed by atoms with Gasteiger partial charge >= 0.3 is 7.82 Å². The Morgan fingerprint density at radius 2 is 2.12 bits per heavy atom. The van der Waals surface area contributed by atoms with Gasteiger partial charge in [-0.2, -0.15) is 0 Å². The van der Waals surface area contributed by atoms with E-state index in [0.717, 1.165) is 6.21 Å². The van der Waals surface area contributed by atoms with Gasteiger partial charge in [0.25, 0.3) is 0 Å². The van der Waals surface area contributed by atoms with Crippen LogP contribution in [0.2, 0.25) is 5.02 Å². The third-order valence-corrected chi connectivity index (χ3v) is 3.77. The van der Waals surface area contributed by atoms with E-state index in [4.69, 9.17) is 21.4 Å². The van der Waals surface area contributed by atoms with E-state index in [1.165, 1.54) is 12.1 Å². The Labute approximate surface area is 109 Å². The fourth-order valence-corrected chi connectivity index (χ4v) is 2.42. The molecule has 9 heteroatoms. The van der Waals surface area contributed by atoms with Gasteiger partial charge in [-0.25, -0.2) is 9.09 Å². The number of fused-ring (bicyclic) bond motifs is 1. The van der Waals surface area contributed by atoms with Gasteiger partial charge in [0.2, 0.25) is 5.79 Å². The van der Waals surface area contributed by atoms with Crippen LogP contribution in [0.25, 0.3) is 0 Å². The highest BCUT2D eigenvalue weighted by Gasteiger charge is 2.41. The van der Waals surface area contributed by atoms with E-state index in [2.05, 4.69) is 25.4 Å². The molecule has 0 amide bonds. The Balaban J connectivity index is 2.49. The van der Waals surface area contributed by atoms with Crippen LogP contribution in [0.5, 0.6) is 0 Å². The summed E-state index contributed by atoms with van der Waals surface area (Å²) >= 11 is 8.95. The van der Waals surface area contributed by atoms with Crippen molar-refractivity contribution in [3.05, 3.63) is 27.2 Å². The molecule has 1 aromatic carbocycles. The predicted octanol–water partition coefficient (Wildman–Crippen LogP) is 2.07. The first-order valence-electron chi connectivity index (χ1n) is 4.25. The molecule has 6 nitrogen and oxygen atoms in total. The molecule has 92 valence electrons. The standard InChI is InChI=1S/C8H6BrClNO5P/c9-5-1-4-7(2-6(5)10)11-3-8(4,12)16-17(13,14)15/h1-3,12H,(H2,13,14,15). The largest absolute Gasteiger partial charge is 0.472 e. The molecule has 0 saturated carbocycles. The van der Waals surface area contributed by atoms with Crippen molar-refractivity contribution in [1.29, 1.82) is 0 Å². The molecule has 0 spiro atoms. The second kappa shape index (κ2) is 4.13. The van der Waals surface area contributed by atoms with Gasteiger partial charge < -0.3 is 14.9 Å². The zero-order valence-corrected chi connectivity index (χ0v) is 11.3. The molecule has 17 heavy (non-hydrogen) atoms. The highest BCUT2D eigenvalue weighted by Crippen LogP contribution is 2.49. The number of nitrogens with zero attached hydrogens (tertiary/aromatic N) is 1. The monoisotopic (exact) mass is 341 g/mol. The van der Waals surface area contributed by atoms with E-state index in [1.54, 1.807) is 0 Å². The molecule has 2 rings (SSSR count). The Hall–Kier alpha value is -0.270. The lowest BCUT2D eigenvalue weighted by molar-refractivity contribution is -0.0899. The van der Waals surface area contributed by atoms with Crippen LogP contribution in [0.4, 0.5) is 5.69 Å². The van der Waals surface area contributed by atoms with Gasteiger partial charge in [0, 0.05) is 10.0 Å². The van der Waals surface area contributed by atoms with E-state index >= 15 is 0 Å². The maximum atomic E-state index is 10.8. The summed E-state index contributed by atoms with van der Waals surface area (Å²) in [5.74, 6) is -2.25. The van der Waals surface area contributed by atoms with Crippen molar-refractivity contribution in [3.8, 4) is 0 Å². The number of phosphoric ester groups is 1. The summed E-state index contributed by atoms with van der Waals surface area (Å²) < 4.78 is 15.5. The molecule has 1 aliphatic rings. The van der Waals surface area contributed by atoms with E-state index in [1.807, 2.05) is 0 Å². The number of rotatable bonds is 2. The Kier molecular flexibility index (Phi) is 3.20. The normalized spacial score (nSPS) is 22.9. The van der Waals surface area contributed by atoms with Crippen molar-refractivity contribution in [3.63, 3.8) is 0 Å². The maximum absolute atomic E-state index is 10.8. The number of hydrogen-bond acceptors (Lipinski definition) is 4. The predicted molar refractivity (Wildman–Crippen MR) is 64.3 cm³/mol. The molecular formula is C8H6BrClNO5P. The minimum absolute atomic E-state index is 0.108. The van der Waals surface area contributed by atoms with E-state index in [9.17, 15) is 9.67 Å². The summed E-state index contributed by atoms with van der Waals surface area (Å²) in [5, 5.41) is 10.3. The summed E-state index contributed by atoms with van der Waals surface area (Å²) in [5.41, 5.74) is 0.395. The van der Waals surface area contributed by atoms with Crippen molar-refractivity contribution < 1.29 is 24.0 Å². The van der Waals surface area contributed by atoms with Crippen molar-refractivity contribution in [1.82, 2.24) is 0 Å². The van der Waals surface area contributed by atoms with Crippen molar-refractivity contribution >= 4 is 47.3 Å². The Morgan fingerprint density at radius 1 is 1.47 bits per heavy atom. The van der Waals surface area contributed by atoms with Gasteiger partial charge in [0.1, 0.15) is 0 Å². The average Bonchev–Trinajstić information content (AvgIpc) is 2.43. The third-order valence-electron chi connectivity index (χ3n) is 2.06. The van der Waals surface area contributed by atoms with Gasteiger partial charge in [0.15, 0.2) is 0 Å². The molecule has 1 atom stereocenters.